The Balaban J connectivity index is 1.38. The molecule has 6 N–H and O–H groups in total. The van der Waals surface area contributed by atoms with E-state index in [9.17, 15) is 19.0 Å². The molecule has 10 heteroatoms. The number of H-pyrrole nitrogens is 1. The predicted molar refractivity (Wildman–Crippen MR) is 169 cm³/mol. The molecule has 0 aliphatic carbocycles. The Kier molecular flexibility index (Phi) is 9.40. The number of aliphatic hydroxyl groups is 1. The van der Waals surface area contributed by atoms with Crippen molar-refractivity contribution in [2.24, 2.45) is 0 Å². The average molecular weight is 593 g/mol. The first kappa shape index (κ1) is 29.9. The SMILES string of the molecule is CCc1c[nH]c2c(N3CCCS3(O)O)cc(C(=O)N[C@@H](Cc3ccccc3)[C@H](O)CNCc3cccc(OC)c3)cc12. The van der Waals surface area contributed by atoms with Gasteiger partial charge in [-0.25, -0.2) is 0 Å². The number of nitrogens with zero attached hydrogens (tertiary/aromatic N) is 1. The number of aromatic amines is 1. The molecule has 0 spiro atoms. The first-order valence-electron chi connectivity index (χ1n) is 14.3. The minimum absolute atomic E-state index is 0.270. The van der Waals surface area contributed by atoms with Crippen LogP contribution in [0.2, 0.25) is 0 Å². The van der Waals surface area contributed by atoms with Crippen molar-refractivity contribution >= 4 is 33.3 Å². The van der Waals surface area contributed by atoms with Crippen LogP contribution in [0.3, 0.4) is 0 Å². The summed E-state index contributed by atoms with van der Waals surface area (Å²) in [6.07, 6.45) is 2.91. The van der Waals surface area contributed by atoms with Crippen LogP contribution in [0.4, 0.5) is 5.69 Å². The molecule has 224 valence electrons. The zero-order valence-corrected chi connectivity index (χ0v) is 24.9. The number of fused-ring (bicyclic) bond motifs is 1. The van der Waals surface area contributed by atoms with E-state index in [1.165, 1.54) is 0 Å². The van der Waals surface area contributed by atoms with Crippen molar-refractivity contribution in [1.29, 1.82) is 0 Å². The van der Waals surface area contributed by atoms with E-state index in [1.54, 1.807) is 17.5 Å². The molecule has 1 fully saturated rings. The fourth-order valence-corrected chi connectivity index (χ4v) is 7.13. The molecule has 0 radical (unpaired) electrons. The van der Waals surface area contributed by atoms with Crippen molar-refractivity contribution in [3.63, 3.8) is 0 Å². The summed E-state index contributed by atoms with van der Waals surface area (Å²) in [6, 6.07) is 20.5. The quantitative estimate of drug-likeness (QED) is 0.135. The molecule has 2 atom stereocenters. The number of nitrogens with one attached hydrogen (secondary N) is 3. The van der Waals surface area contributed by atoms with Gasteiger partial charge in [0.1, 0.15) is 5.75 Å². The Bertz CT molecular complexity index is 1510. The molecule has 0 bridgehead atoms. The molecular weight excluding hydrogens is 552 g/mol. The molecule has 1 aromatic heterocycles. The number of anilines is 1. The fraction of sp³-hybridized carbons (Fsp3) is 0.344. The van der Waals surface area contributed by atoms with E-state index in [0.29, 0.717) is 42.9 Å². The summed E-state index contributed by atoms with van der Waals surface area (Å²) in [5.41, 5.74) is 4.86. The number of ether oxygens (including phenoxy) is 1. The molecular formula is C32H40N4O5S. The van der Waals surface area contributed by atoms with Crippen LogP contribution >= 0.6 is 10.8 Å². The van der Waals surface area contributed by atoms with E-state index >= 15 is 0 Å². The van der Waals surface area contributed by atoms with Gasteiger partial charge in [0.15, 0.2) is 0 Å². The standard InChI is InChI=1S/C32H40N4O5S/c1-3-24-20-34-31-27(24)17-25(18-29(31)36-13-8-14-42(36,39)40)32(38)35-28(16-22-9-5-4-6-10-22)30(37)21-33-19-23-11-7-12-26(15-23)41-2/h4-7,9-12,15,17-18,20,28,30,33-34,37,39-40H,3,8,13-14,16,19,21H2,1-2H3,(H,35,38)/t28-,30+/m0/s1. The summed E-state index contributed by atoms with van der Waals surface area (Å²) in [5, 5.41) is 18.5. The molecule has 0 unspecified atom stereocenters. The van der Waals surface area contributed by atoms with Crippen molar-refractivity contribution < 1.29 is 23.7 Å². The van der Waals surface area contributed by atoms with Crippen molar-refractivity contribution in [2.45, 2.75) is 44.9 Å². The van der Waals surface area contributed by atoms with Gasteiger partial charge in [-0.05, 0) is 60.2 Å². The number of aliphatic hydroxyl groups excluding tert-OH is 1. The highest BCUT2D eigenvalue weighted by Crippen LogP contribution is 2.52. The van der Waals surface area contributed by atoms with Gasteiger partial charge in [0, 0.05) is 36.8 Å². The second-order valence-corrected chi connectivity index (χ2v) is 12.8. The van der Waals surface area contributed by atoms with Gasteiger partial charge in [0.05, 0.1) is 36.2 Å². The molecule has 9 nitrogen and oxygen atoms in total. The number of methoxy groups -OCH3 is 1. The lowest BCUT2D eigenvalue weighted by Crippen LogP contribution is -2.48. The summed E-state index contributed by atoms with van der Waals surface area (Å²) in [6.45, 7) is 3.35. The molecule has 1 aliphatic rings. The number of carbonyl (C=O) groups is 1. The molecule has 2 heterocycles. The van der Waals surface area contributed by atoms with Crippen LogP contribution in [0.5, 0.6) is 5.75 Å². The van der Waals surface area contributed by atoms with Gasteiger partial charge in [-0.15, -0.1) is 10.8 Å². The van der Waals surface area contributed by atoms with Crippen LogP contribution in [-0.2, 0) is 19.4 Å². The number of aromatic nitrogens is 1. The maximum absolute atomic E-state index is 13.8. The molecule has 0 saturated carbocycles. The van der Waals surface area contributed by atoms with E-state index in [2.05, 4.69) is 15.6 Å². The molecule has 4 aromatic rings. The summed E-state index contributed by atoms with van der Waals surface area (Å²) < 4.78 is 28.4. The van der Waals surface area contributed by atoms with E-state index in [4.69, 9.17) is 4.74 Å². The maximum Gasteiger partial charge on any atom is 0.251 e. The van der Waals surface area contributed by atoms with E-state index in [1.807, 2.05) is 73.8 Å². The molecule has 42 heavy (non-hydrogen) atoms. The van der Waals surface area contributed by atoms with Crippen molar-refractivity contribution in [3.05, 3.63) is 95.2 Å². The summed E-state index contributed by atoms with van der Waals surface area (Å²) in [7, 11) is -1.33. The highest BCUT2D eigenvalue weighted by molar-refractivity contribution is 8.25. The predicted octanol–water partition coefficient (Wildman–Crippen LogP) is 5.11. The number of aryl methyl sites for hydroxylation is 1. The zero-order chi connectivity index (χ0) is 29.7. The highest BCUT2D eigenvalue weighted by atomic mass is 32.3. The first-order valence-corrected chi connectivity index (χ1v) is 16.0. The lowest BCUT2D eigenvalue weighted by molar-refractivity contribution is 0.0830. The molecule has 5 rings (SSSR count). The van der Waals surface area contributed by atoms with E-state index in [-0.39, 0.29) is 12.5 Å². The number of benzene rings is 3. The molecule has 1 aliphatic heterocycles. The Morgan fingerprint density at radius 1 is 1.10 bits per heavy atom. The van der Waals surface area contributed by atoms with E-state index < -0.39 is 22.9 Å². The second kappa shape index (κ2) is 13.2. The lowest BCUT2D eigenvalue weighted by atomic mass is 9.99. The largest absolute Gasteiger partial charge is 0.497 e. The van der Waals surface area contributed by atoms with Crippen LogP contribution in [0.25, 0.3) is 10.9 Å². The number of carbonyl (C=O) groups excluding carboxylic acids is 1. The average Bonchev–Trinajstić information content (AvgIpc) is 3.58. The smallest absolute Gasteiger partial charge is 0.251 e. The topological polar surface area (TPSA) is 130 Å². The highest BCUT2D eigenvalue weighted by Gasteiger charge is 2.32. The third-order valence-electron chi connectivity index (χ3n) is 7.79. The zero-order valence-electron chi connectivity index (χ0n) is 24.0. The monoisotopic (exact) mass is 592 g/mol. The van der Waals surface area contributed by atoms with Gasteiger partial charge in [0.25, 0.3) is 5.91 Å². The Morgan fingerprint density at radius 3 is 2.60 bits per heavy atom. The normalized spacial score (nSPS) is 16.7. The minimum Gasteiger partial charge on any atom is -0.497 e. The Morgan fingerprint density at radius 2 is 1.88 bits per heavy atom. The van der Waals surface area contributed by atoms with Gasteiger partial charge in [-0.3, -0.25) is 18.2 Å². The summed E-state index contributed by atoms with van der Waals surface area (Å²) in [5.74, 6) is 0.745. The van der Waals surface area contributed by atoms with Crippen LogP contribution in [-0.4, -0.2) is 63.2 Å². The van der Waals surface area contributed by atoms with Crippen molar-refractivity contribution in [2.75, 3.05) is 30.3 Å². The number of rotatable bonds is 12. The van der Waals surface area contributed by atoms with Crippen LogP contribution in [0, 0.1) is 0 Å². The number of amides is 1. The van der Waals surface area contributed by atoms with Gasteiger partial charge in [0.2, 0.25) is 0 Å². The first-order chi connectivity index (χ1) is 20.3. The number of hydrogen-bond acceptors (Lipinski definition) is 7. The van der Waals surface area contributed by atoms with Crippen molar-refractivity contribution in [1.82, 2.24) is 15.6 Å². The van der Waals surface area contributed by atoms with Gasteiger partial charge in [-0.2, -0.15) is 0 Å². The second-order valence-electron chi connectivity index (χ2n) is 10.7. The third-order valence-corrected chi connectivity index (χ3v) is 9.72. The number of hydrogen-bond donors (Lipinski definition) is 6. The van der Waals surface area contributed by atoms with Crippen molar-refractivity contribution in [3.8, 4) is 5.75 Å². The maximum atomic E-state index is 13.8. The minimum atomic E-state index is -2.96. The van der Waals surface area contributed by atoms with Gasteiger partial charge < -0.3 is 25.5 Å². The lowest BCUT2D eigenvalue weighted by Gasteiger charge is -2.38. The molecule has 1 amide bonds. The van der Waals surface area contributed by atoms with Gasteiger partial charge in [-0.1, -0.05) is 49.4 Å². The Labute approximate surface area is 248 Å². The molecule has 1 saturated heterocycles. The van der Waals surface area contributed by atoms with Crippen LogP contribution in [0.1, 0.15) is 40.4 Å². The van der Waals surface area contributed by atoms with Crippen LogP contribution < -0.4 is 19.7 Å². The summed E-state index contributed by atoms with van der Waals surface area (Å²) >= 11 is 0. The third kappa shape index (κ3) is 6.74. The summed E-state index contributed by atoms with van der Waals surface area (Å²) in [4.78, 5) is 17.1. The van der Waals surface area contributed by atoms with E-state index in [0.717, 1.165) is 39.8 Å². The Hall–Kier alpha value is -3.54. The molecule has 3 aromatic carbocycles. The van der Waals surface area contributed by atoms with Crippen LogP contribution in [0.15, 0.2) is 72.9 Å². The fourth-order valence-electron chi connectivity index (χ4n) is 5.52. The van der Waals surface area contributed by atoms with Gasteiger partial charge >= 0.3 is 0 Å².